The zero-order valence-electron chi connectivity index (χ0n) is 14.0. The van der Waals surface area contributed by atoms with Gasteiger partial charge in [-0.05, 0) is 36.6 Å². The Labute approximate surface area is 143 Å². The van der Waals surface area contributed by atoms with Gasteiger partial charge in [0.1, 0.15) is 11.5 Å². The molecule has 3 aromatic rings. The van der Waals surface area contributed by atoms with Crippen molar-refractivity contribution in [1.82, 2.24) is 0 Å². The van der Waals surface area contributed by atoms with E-state index < -0.39 is 0 Å². The molecule has 0 amide bonds. The molecule has 118 valence electrons. The van der Waals surface area contributed by atoms with Gasteiger partial charge in [0.25, 0.3) is 0 Å². The highest BCUT2D eigenvalue weighted by Crippen LogP contribution is 2.45. The standard InChI is InChI=1S/C23H20O/c1-16-10-6-7-13-19(16)22-17(2)23(18-11-4-3-5-12-18)24-21-15-9-8-14-20(21)22/h3-15,22H,1-2H3/t22-/m0/s1. The number of benzene rings is 3. The highest BCUT2D eigenvalue weighted by molar-refractivity contribution is 5.72. The predicted molar refractivity (Wildman–Crippen MR) is 99.1 cm³/mol. The van der Waals surface area contributed by atoms with Crippen LogP contribution in [0, 0.1) is 6.92 Å². The first-order chi connectivity index (χ1) is 11.8. The van der Waals surface area contributed by atoms with Crippen LogP contribution in [0.1, 0.15) is 35.1 Å². The van der Waals surface area contributed by atoms with E-state index >= 15 is 0 Å². The molecule has 1 atom stereocenters. The van der Waals surface area contributed by atoms with E-state index in [1.807, 2.05) is 12.1 Å². The van der Waals surface area contributed by atoms with Crippen molar-refractivity contribution in [3.8, 4) is 5.75 Å². The van der Waals surface area contributed by atoms with Crippen LogP contribution in [0.5, 0.6) is 5.75 Å². The lowest BCUT2D eigenvalue weighted by Crippen LogP contribution is -2.15. The molecule has 3 aromatic carbocycles. The van der Waals surface area contributed by atoms with Crippen LogP contribution in [-0.2, 0) is 0 Å². The van der Waals surface area contributed by atoms with Crippen LogP contribution < -0.4 is 4.74 Å². The summed E-state index contributed by atoms with van der Waals surface area (Å²) in [7, 11) is 0. The lowest BCUT2D eigenvalue weighted by atomic mass is 9.80. The molecular weight excluding hydrogens is 292 g/mol. The quantitative estimate of drug-likeness (QED) is 0.568. The zero-order valence-corrected chi connectivity index (χ0v) is 14.0. The summed E-state index contributed by atoms with van der Waals surface area (Å²) in [5, 5.41) is 0. The number of ether oxygens (including phenoxy) is 1. The van der Waals surface area contributed by atoms with E-state index in [2.05, 4.69) is 80.6 Å². The summed E-state index contributed by atoms with van der Waals surface area (Å²) in [5.41, 5.74) is 6.28. The lowest BCUT2D eigenvalue weighted by molar-refractivity contribution is 0.484. The number of rotatable bonds is 2. The van der Waals surface area contributed by atoms with Crippen molar-refractivity contribution in [3.63, 3.8) is 0 Å². The van der Waals surface area contributed by atoms with Crippen molar-refractivity contribution in [2.75, 3.05) is 0 Å². The van der Waals surface area contributed by atoms with E-state index in [9.17, 15) is 0 Å². The minimum absolute atomic E-state index is 0.228. The molecule has 4 rings (SSSR count). The summed E-state index contributed by atoms with van der Waals surface area (Å²) in [6.07, 6.45) is 0. The number of fused-ring (bicyclic) bond motifs is 1. The van der Waals surface area contributed by atoms with Crippen LogP contribution in [0.15, 0.2) is 84.4 Å². The monoisotopic (exact) mass is 312 g/mol. The normalized spacial score (nSPS) is 16.5. The Morgan fingerprint density at radius 2 is 1.29 bits per heavy atom. The second-order valence-corrected chi connectivity index (χ2v) is 6.31. The van der Waals surface area contributed by atoms with E-state index in [4.69, 9.17) is 4.74 Å². The maximum atomic E-state index is 6.30. The number of hydrogen-bond donors (Lipinski definition) is 0. The number of aryl methyl sites for hydroxylation is 1. The first-order valence-corrected chi connectivity index (χ1v) is 8.34. The Morgan fingerprint density at radius 1 is 0.667 bits per heavy atom. The molecule has 0 aliphatic carbocycles. The van der Waals surface area contributed by atoms with Gasteiger partial charge in [0.15, 0.2) is 0 Å². The van der Waals surface area contributed by atoms with E-state index in [0.717, 1.165) is 17.1 Å². The molecule has 0 bridgehead atoms. The second kappa shape index (κ2) is 6.01. The molecule has 24 heavy (non-hydrogen) atoms. The average Bonchev–Trinajstić information content (AvgIpc) is 2.63. The van der Waals surface area contributed by atoms with Crippen LogP contribution >= 0.6 is 0 Å². The zero-order chi connectivity index (χ0) is 16.5. The van der Waals surface area contributed by atoms with Crippen molar-refractivity contribution in [2.45, 2.75) is 19.8 Å². The first-order valence-electron chi connectivity index (χ1n) is 8.34. The summed E-state index contributed by atoms with van der Waals surface area (Å²) in [5.74, 6) is 2.16. The van der Waals surface area contributed by atoms with Gasteiger partial charge in [-0.25, -0.2) is 0 Å². The van der Waals surface area contributed by atoms with Crippen LogP contribution in [0.4, 0.5) is 0 Å². The van der Waals surface area contributed by atoms with Gasteiger partial charge in [0.05, 0.1) is 0 Å². The molecule has 1 heterocycles. The van der Waals surface area contributed by atoms with Crippen molar-refractivity contribution in [1.29, 1.82) is 0 Å². The minimum Gasteiger partial charge on any atom is -0.456 e. The molecule has 0 saturated heterocycles. The van der Waals surface area contributed by atoms with Gasteiger partial charge >= 0.3 is 0 Å². The Kier molecular flexibility index (Phi) is 3.70. The Morgan fingerprint density at radius 3 is 2.04 bits per heavy atom. The maximum Gasteiger partial charge on any atom is 0.134 e. The van der Waals surface area contributed by atoms with Gasteiger partial charge in [-0.1, -0.05) is 72.8 Å². The topological polar surface area (TPSA) is 9.23 Å². The fraction of sp³-hybridized carbons (Fsp3) is 0.130. The third-order valence-corrected chi connectivity index (χ3v) is 4.77. The van der Waals surface area contributed by atoms with E-state index in [0.29, 0.717) is 0 Å². The Bertz CT molecular complexity index is 906. The van der Waals surface area contributed by atoms with E-state index in [-0.39, 0.29) is 5.92 Å². The fourth-order valence-corrected chi connectivity index (χ4v) is 3.55. The molecule has 0 aromatic heterocycles. The SMILES string of the molecule is CC1=C(c2ccccc2)Oc2ccccc2[C@@H]1c1ccccc1C. The van der Waals surface area contributed by atoms with E-state index in [1.54, 1.807) is 0 Å². The van der Waals surface area contributed by atoms with E-state index in [1.165, 1.54) is 22.3 Å². The largest absolute Gasteiger partial charge is 0.456 e. The smallest absolute Gasteiger partial charge is 0.134 e. The summed E-state index contributed by atoms with van der Waals surface area (Å²) in [6.45, 7) is 4.37. The molecule has 1 heteroatoms. The first kappa shape index (κ1) is 14.8. The highest BCUT2D eigenvalue weighted by Gasteiger charge is 2.29. The molecule has 1 aliphatic rings. The molecule has 0 saturated carbocycles. The van der Waals surface area contributed by atoms with Crippen LogP contribution in [0.25, 0.3) is 5.76 Å². The third-order valence-electron chi connectivity index (χ3n) is 4.77. The minimum atomic E-state index is 0.228. The van der Waals surface area contributed by atoms with Gasteiger partial charge in [0.2, 0.25) is 0 Å². The summed E-state index contributed by atoms with van der Waals surface area (Å²) < 4.78 is 6.30. The van der Waals surface area contributed by atoms with Gasteiger partial charge in [-0.15, -0.1) is 0 Å². The molecule has 0 fully saturated rings. The second-order valence-electron chi connectivity index (χ2n) is 6.31. The molecular formula is C23H20O. The fourth-order valence-electron chi connectivity index (χ4n) is 3.55. The summed E-state index contributed by atoms with van der Waals surface area (Å²) in [6, 6.07) is 27.4. The van der Waals surface area contributed by atoms with Crippen LogP contribution in [0.2, 0.25) is 0 Å². The highest BCUT2D eigenvalue weighted by atomic mass is 16.5. The summed E-state index contributed by atoms with van der Waals surface area (Å²) in [4.78, 5) is 0. The van der Waals surface area contributed by atoms with Gasteiger partial charge in [-0.3, -0.25) is 0 Å². The Hall–Kier alpha value is -2.80. The molecule has 0 N–H and O–H groups in total. The number of hydrogen-bond acceptors (Lipinski definition) is 1. The van der Waals surface area contributed by atoms with Gasteiger partial charge in [0, 0.05) is 17.0 Å². The molecule has 0 radical (unpaired) electrons. The lowest BCUT2D eigenvalue weighted by Gasteiger charge is -2.30. The van der Waals surface area contributed by atoms with Crippen LogP contribution in [-0.4, -0.2) is 0 Å². The molecule has 0 unspecified atom stereocenters. The maximum absolute atomic E-state index is 6.30. The van der Waals surface area contributed by atoms with Gasteiger partial charge in [-0.2, -0.15) is 0 Å². The summed E-state index contributed by atoms with van der Waals surface area (Å²) >= 11 is 0. The molecule has 0 spiro atoms. The molecule has 1 nitrogen and oxygen atoms in total. The van der Waals surface area contributed by atoms with Crippen molar-refractivity contribution in [2.24, 2.45) is 0 Å². The number of allylic oxidation sites excluding steroid dienone is 1. The predicted octanol–water partition coefficient (Wildman–Crippen LogP) is 5.95. The van der Waals surface area contributed by atoms with Crippen LogP contribution in [0.3, 0.4) is 0 Å². The number of para-hydroxylation sites is 1. The van der Waals surface area contributed by atoms with Crippen molar-refractivity contribution >= 4 is 5.76 Å². The van der Waals surface area contributed by atoms with Gasteiger partial charge < -0.3 is 4.74 Å². The Balaban J connectivity index is 1.95. The van der Waals surface area contributed by atoms with Crippen molar-refractivity contribution < 1.29 is 4.74 Å². The third kappa shape index (κ3) is 2.43. The van der Waals surface area contributed by atoms with Crippen molar-refractivity contribution in [3.05, 3.63) is 107 Å². The molecule has 1 aliphatic heterocycles. The average molecular weight is 312 g/mol.